The standard InChI is InChI=1S/C22H24O5/c1-4-26-19-11-10-18(13-20(19)25-3)22(24)27-14(2)21(23)17-9-8-15-6-5-7-16(15)12-17/h8-14H,4-7H2,1-3H3/t14-/m1/s1. The number of esters is 1. The van der Waals surface area contributed by atoms with E-state index in [1.54, 1.807) is 25.1 Å². The molecule has 1 aliphatic carbocycles. The third-order valence-electron chi connectivity index (χ3n) is 4.74. The van der Waals surface area contributed by atoms with Crippen molar-refractivity contribution in [3.8, 4) is 11.5 Å². The number of Topliss-reactive ketones (excluding diaryl/α,β-unsaturated/α-hetero) is 1. The Morgan fingerprint density at radius 2 is 1.74 bits per heavy atom. The normalized spacial score (nSPS) is 13.6. The van der Waals surface area contributed by atoms with Crippen molar-refractivity contribution in [1.29, 1.82) is 0 Å². The highest BCUT2D eigenvalue weighted by atomic mass is 16.5. The lowest BCUT2D eigenvalue weighted by atomic mass is 10.0. The van der Waals surface area contributed by atoms with Gasteiger partial charge in [0, 0.05) is 5.56 Å². The van der Waals surface area contributed by atoms with Gasteiger partial charge < -0.3 is 14.2 Å². The van der Waals surface area contributed by atoms with Gasteiger partial charge in [0.05, 0.1) is 19.3 Å². The quantitative estimate of drug-likeness (QED) is 0.546. The molecule has 0 bridgehead atoms. The summed E-state index contributed by atoms with van der Waals surface area (Å²) in [7, 11) is 1.51. The van der Waals surface area contributed by atoms with Crippen LogP contribution in [-0.2, 0) is 17.6 Å². The molecule has 1 aliphatic rings. The third kappa shape index (κ3) is 4.13. The van der Waals surface area contributed by atoms with Crippen LogP contribution in [0.2, 0.25) is 0 Å². The minimum absolute atomic E-state index is 0.198. The average molecular weight is 368 g/mol. The van der Waals surface area contributed by atoms with Crippen LogP contribution in [0.3, 0.4) is 0 Å². The van der Waals surface area contributed by atoms with Gasteiger partial charge in [0.15, 0.2) is 17.6 Å². The Labute approximate surface area is 159 Å². The number of carbonyl (C=O) groups excluding carboxylic acids is 2. The molecule has 2 aromatic rings. The van der Waals surface area contributed by atoms with E-state index >= 15 is 0 Å². The number of hydrogen-bond donors (Lipinski definition) is 0. The number of carbonyl (C=O) groups is 2. The van der Waals surface area contributed by atoms with Crippen molar-refractivity contribution >= 4 is 11.8 Å². The van der Waals surface area contributed by atoms with Crippen LogP contribution in [0.15, 0.2) is 36.4 Å². The second-order valence-corrected chi connectivity index (χ2v) is 6.55. The molecule has 2 aromatic carbocycles. The van der Waals surface area contributed by atoms with Crippen LogP contribution in [0.5, 0.6) is 11.5 Å². The van der Waals surface area contributed by atoms with E-state index in [2.05, 4.69) is 0 Å². The Morgan fingerprint density at radius 3 is 2.48 bits per heavy atom. The van der Waals surface area contributed by atoms with E-state index in [0.717, 1.165) is 19.3 Å². The van der Waals surface area contributed by atoms with Crippen molar-refractivity contribution in [3.63, 3.8) is 0 Å². The zero-order valence-corrected chi connectivity index (χ0v) is 15.9. The summed E-state index contributed by atoms with van der Waals surface area (Å²) in [5.41, 5.74) is 3.41. The molecule has 0 amide bonds. The van der Waals surface area contributed by atoms with Gasteiger partial charge >= 0.3 is 5.97 Å². The molecular weight excluding hydrogens is 344 g/mol. The number of hydrogen-bond acceptors (Lipinski definition) is 5. The van der Waals surface area contributed by atoms with Crippen molar-refractivity contribution in [1.82, 2.24) is 0 Å². The number of fused-ring (bicyclic) bond motifs is 1. The fourth-order valence-electron chi connectivity index (χ4n) is 3.31. The van der Waals surface area contributed by atoms with Crippen LogP contribution >= 0.6 is 0 Å². The Hall–Kier alpha value is -2.82. The minimum atomic E-state index is -0.866. The Balaban J connectivity index is 1.70. The molecular formula is C22H24O5. The van der Waals surface area contributed by atoms with Gasteiger partial charge in [-0.25, -0.2) is 4.79 Å². The number of aryl methyl sites for hydroxylation is 2. The lowest BCUT2D eigenvalue weighted by Gasteiger charge is -2.14. The highest BCUT2D eigenvalue weighted by Gasteiger charge is 2.23. The van der Waals surface area contributed by atoms with E-state index in [1.165, 1.54) is 18.2 Å². The molecule has 0 unspecified atom stereocenters. The monoisotopic (exact) mass is 368 g/mol. The molecule has 0 saturated carbocycles. The summed E-state index contributed by atoms with van der Waals surface area (Å²) in [6, 6.07) is 10.6. The van der Waals surface area contributed by atoms with E-state index in [4.69, 9.17) is 14.2 Å². The van der Waals surface area contributed by atoms with Gasteiger partial charge in [-0.2, -0.15) is 0 Å². The Bertz CT molecular complexity index is 856. The average Bonchev–Trinajstić information content (AvgIpc) is 3.15. The molecule has 1 atom stereocenters. The lowest BCUT2D eigenvalue weighted by molar-refractivity contribution is 0.0318. The van der Waals surface area contributed by atoms with Crippen LogP contribution in [0.25, 0.3) is 0 Å². The van der Waals surface area contributed by atoms with Crippen molar-refractivity contribution < 1.29 is 23.8 Å². The zero-order valence-electron chi connectivity index (χ0n) is 15.9. The number of benzene rings is 2. The van der Waals surface area contributed by atoms with Crippen molar-refractivity contribution in [2.75, 3.05) is 13.7 Å². The molecule has 27 heavy (non-hydrogen) atoms. The topological polar surface area (TPSA) is 61.8 Å². The van der Waals surface area contributed by atoms with E-state index in [9.17, 15) is 9.59 Å². The largest absolute Gasteiger partial charge is 0.493 e. The molecule has 5 nitrogen and oxygen atoms in total. The van der Waals surface area contributed by atoms with Crippen LogP contribution in [-0.4, -0.2) is 31.6 Å². The van der Waals surface area contributed by atoms with E-state index in [1.807, 2.05) is 25.1 Å². The van der Waals surface area contributed by atoms with Crippen molar-refractivity contribution in [3.05, 3.63) is 58.7 Å². The summed E-state index contributed by atoms with van der Waals surface area (Å²) in [6.07, 6.45) is 2.32. The summed E-state index contributed by atoms with van der Waals surface area (Å²) < 4.78 is 16.1. The summed E-state index contributed by atoms with van der Waals surface area (Å²) in [4.78, 5) is 25.1. The molecule has 0 saturated heterocycles. The molecule has 0 N–H and O–H groups in total. The number of rotatable bonds is 7. The van der Waals surface area contributed by atoms with Crippen LogP contribution in [0.1, 0.15) is 52.1 Å². The second-order valence-electron chi connectivity index (χ2n) is 6.55. The molecule has 0 spiro atoms. The van der Waals surface area contributed by atoms with Crippen molar-refractivity contribution in [2.24, 2.45) is 0 Å². The van der Waals surface area contributed by atoms with Gasteiger partial charge in [-0.1, -0.05) is 12.1 Å². The van der Waals surface area contributed by atoms with E-state index in [0.29, 0.717) is 29.2 Å². The summed E-state index contributed by atoms with van der Waals surface area (Å²) in [6.45, 7) is 3.96. The third-order valence-corrected chi connectivity index (χ3v) is 4.74. The maximum atomic E-state index is 12.7. The first-order valence-electron chi connectivity index (χ1n) is 9.21. The molecule has 0 aromatic heterocycles. The predicted molar refractivity (Wildman–Crippen MR) is 102 cm³/mol. The number of methoxy groups -OCH3 is 1. The molecule has 0 fully saturated rings. The van der Waals surface area contributed by atoms with Gasteiger partial charge in [0.1, 0.15) is 0 Å². The molecule has 0 heterocycles. The fraction of sp³-hybridized carbons (Fsp3) is 0.364. The second kappa shape index (κ2) is 8.25. The van der Waals surface area contributed by atoms with Crippen LogP contribution < -0.4 is 9.47 Å². The van der Waals surface area contributed by atoms with Crippen LogP contribution in [0, 0.1) is 0 Å². The lowest BCUT2D eigenvalue weighted by Crippen LogP contribution is -2.24. The number of ketones is 1. The van der Waals surface area contributed by atoms with Crippen LogP contribution in [0.4, 0.5) is 0 Å². The van der Waals surface area contributed by atoms with E-state index < -0.39 is 12.1 Å². The fourth-order valence-corrected chi connectivity index (χ4v) is 3.31. The minimum Gasteiger partial charge on any atom is -0.493 e. The van der Waals surface area contributed by atoms with Gasteiger partial charge in [0.2, 0.25) is 5.78 Å². The van der Waals surface area contributed by atoms with Gasteiger partial charge in [-0.3, -0.25) is 4.79 Å². The maximum Gasteiger partial charge on any atom is 0.338 e. The molecule has 0 radical (unpaired) electrons. The van der Waals surface area contributed by atoms with Gasteiger partial charge in [0.25, 0.3) is 0 Å². The number of ether oxygens (including phenoxy) is 3. The maximum absolute atomic E-state index is 12.7. The first-order valence-corrected chi connectivity index (χ1v) is 9.21. The first kappa shape index (κ1) is 19.0. The zero-order chi connectivity index (χ0) is 19.4. The Kier molecular flexibility index (Phi) is 5.79. The van der Waals surface area contributed by atoms with Gasteiger partial charge in [-0.15, -0.1) is 0 Å². The predicted octanol–water partition coefficient (Wildman–Crippen LogP) is 4.01. The highest BCUT2D eigenvalue weighted by molar-refractivity contribution is 6.01. The summed E-state index contributed by atoms with van der Waals surface area (Å²) in [5, 5.41) is 0. The molecule has 142 valence electrons. The van der Waals surface area contributed by atoms with Gasteiger partial charge in [-0.05, 0) is 68.5 Å². The highest BCUT2D eigenvalue weighted by Crippen LogP contribution is 2.29. The molecule has 5 heteroatoms. The smallest absolute Gasteiger partial charge is 0.338 e. The van der Waals surface area contributed by atoms with Crippen molar-refractivity contribution in [2.45, 2.75) is 39.2 Å². The Morgan fingerprint density at radius 1 is 1.00 bits per heavy atom. The summed E-state index contributed by atoms with van der Waals surface area (Å²) >= 11 is 0. The molecule has 0 aliphatic heterocycles. The molecule has 3 rings (SSSR count). The SMILES string of the molecule is CCOc1ccc(C(=O)O[C@H](C)C(=O)c2ccc3c(c2)CCC3)cc1OC. The first-order chi connectivity index (χ1) is 13.0. The van der Waals surface area contributed by atoms with E-state index in [-0.39, 0.29) is 5.78 Å². The summed E-state index contributed by atoms with van der Waals surface area (Å²) in [5.74, 6) is 0.233.